The first-order chi connectivity index (χ1) is 7.58. The molecule has 0 aliphatic carbocycles. The number of hydrogen-bond acceptors (Lipinski definition) is 3. The predicted octanol–water partition coefficient (Wildman–Crippen LogP) is 0.828. The maximum Gasteiger partial charge on any atom is 0.308 e. The lowest BCUT2D eigenvalue weighted by Gasteiger charge is -2.14. The number of anilines is 1. The van der Waals surface area contributed by atoms with Crippen molar-refractivity contribution in [2.24, 2.45) is 5.92 Å². The molecule has 1 aliphatic rings. The van der Waals surface area contributed by atoms with Gasteiger partial charge in [-0.1, -0.05) is 6.07 Å². The van der Waals surface area contributed by atoms with Crippen LogP contribution in [0.2, 0.25) is 0 Å². The van der Waals surface area contributed by atoms with Crippen LogP contribution in [0, 0.1) is 12.8 Å². The van der Waals surface area contributed by atoms with Gasteiger partial charge in [-0.15, -0.1) is 0 Å². The quantitative estimate of drug-likeness (QED) is 0.801. The summed E-state index contributed by atoms with van der Waals surface area (Å²) in [5, 5.41) is 8.85. The van der Waals surface area contributed by atoms with E-state index in [2.05, 4.69) is 4.98 Å². The molecule has 84 valence electrons. The average Bonchev–Trinajstić information content (AvgIpc) is 2.60. The molecule has 1 aliphatic heterocycles. The van der Waals surface area contributed by atoms with E-state index in [9.17, 15) is 9.59 Å². The molecule has 1 aromatic rings. The lowest BCUT2D eigenvalue weighted by Crippen LogP contribution is -2.26. The molecule has 0 bridgehead atoms. The van der Waals surface area contributed by atoms with E-state index in [0.29, 0.717) is 5.82 Å². The van der Waals surface area contributed by atoms with Gasteiger partial charge in [0.2, 0.25) is 5.91 Å². The Hall–Kier alpha value is -1.91. The average molecular weight is 220 g/mol. The second kappa shape index (κ2) is 3.92. The van der Waals surface area contributed by atoms with E-state index < -0.39 is 11.9 Å². The Morgan fingerprint density at radius 2 is 2.31 bits per heavy atom. The third kappa shape index (κ3) is 1.88. The Kier molecular flexibility index (Phi) is 2.60. The molecule has 2 rings (SSSR count). The van der Waals surface area contributed by atoms with Crippen molar-refractivity contribution >= 4 is 17.7 Å². The monoisotopic (exact) mass is 220 g/mol. The van der Waals surface area contributed by atoms with Gasteiger partial charge in [0.05, 0.1) is 5.92 Å². The number of pyridine rings is 1. The summed E-state index contributed by atoms with van der Waals surface area (Å²) in [4.78, 5) is 28.1. The Morgan fingerprint density at radius 1 is 1.56 bits per heavy atom. The van der Waals surface area contributed by atoms with Gasteiger partial charge in [0, 0.05) is 18.7 Å². The van der Waals surface area contributed by atoms with Crippen molar-refractivity contribution in [2.45, 2.75) is 13.3 Å². The van der Waals surface area contributed by atoms with Gasteiger partial charge in [-0.05, 0) is 19.1 Å². The molecule has 1 saturated heterocycles. The lowest BCUT2D eigenvalue weighted by molar-refractivity contribution is -0.141. The van der Waals surface area contributed by atoms with E-state index in [1.807, 2.05) is 13.0 Å². The Morgan fingerprint density at radius 3 is 2.88 bits per heavy atom. The minimum absolute atomic E-state index is 0.0605. The summed E-state index contributed by atoms with van der Waals surface area (Å²) in [5.74, 6) is -1.18. The van der Waals surface area contributed by atoms with Gasteiger partial charge in [-0.3, -0.25) is 14.5 Å². The van der Waals surface area contributed by atoms with Crippen molar-refractivity contribution in [1.29, 1.82) is 0 Å². The van der Waals surface area contributed by atoms with Crippen molar-refractivity contribution in [1.82, 2.24) is 4.98 Å². The van der Waals surface area contributed by atoms with E-state index in [4.69, 9.17) is 5.11 Å². The fourth-order valence-electron chi connectivity index (χ4n) is 1.77. The van der Waals surface area contributed by atoms with Gasteiger partial charge >= 0.3 is 5.97 Å². The highest BCUT2D eigenvalue weighted by molar-refractivity contribution is 5.98. The largest absolute Gasteiger partial charge is 0.481 e. The molecule has 1 aromatic heterocycles. The topological polar surface area (TPSA) is 70.5 Å². The van der Waals surface area contributed by atoms with E-state index in [0.717, 1.165) is 5.69 Å². The molecule has 5 heteroatoms. The standard InChI is InChI=1S/C11H12N2O3/c1-7-3-2-4-9(12-7)13-6-8(11(15)16)5-10(13)14/h2-4,8H,5-6H2,1H3,(H,15,16). The number of hydrogen-bond donors (Lipinski definition) is 1. The number of amides is 1. The zero-order chi connectivity index (χ0) is 11.7. The third-order valence-electron chi connectivity index (χ3n) is 2.62. The van der Waals surface area contributed by atoms with Crippen LogP contribution in [-0.4, -0.2) is 28.5 Å². The second-order valence-corrected chi connectivity index (χ2v) is 3.88. The van der Waals surface area contributed by atoms with E-state index in [1.165, 1.54) is 4.90 Å². The van der Waals surface area contributed by atoms with Crippen molar-refractivity contribution in [3.63, 3.8) is 0 Å². The zero-order valence-electron chi connectivity index (χ0n) is 8.88. The number of nitrogens with zero attached hydrogens (tertiary/aromatic N) is 2. The molecule has 0 radical (unpaired) electrons. The number of carboxylic acid groups (broad SMARTS) is 1. The fraction of sp³-hybridized carbons (Fsp3) is 0.364. The van der Waals surface area contributed by atoms with E-state index in [-0.39, 0.29) is 18.9 Å². The number of aliphatic carboxylic acids is 1. The fourth-order valence-corrected chi connectivity index (χ4v) is 1.77. The van der Waals surface area contributed by atoms with Crippen LogP contribution in [0.1, 0.15) is 12.1 Å². The molecule has 1 amide bonds. The van der Waals surface area contributed by atoms with Crippen LogP contribution in [0.3, 0.4) is 0 Å². The second-order valence-electron chi connectivity index (χ2n) is 3.88. The smallest absolute Gasteiger partial charge is 0.308 e. The van der Waals surface area contributed by atoms with Crippen LogP contribution in [0.15, 0.2) is 18.2 Å². The van der Waals surface area contributed by atoms with Gasteiger partial charge in [0.1, 0.15) is 5.82 Å². The van der Waals surface area contributed by atoms with Gasteiger partial charge in [-0.2, -0.15) is 0 Å². The van der Waals surface area contributed by atoms with Gasteiger partial charge in [0.25, 0.3) is 0 Å². The van der Waals surface area contributed by atoms with Crippen LogP contribution < -0.4 is 4.90 Å². The molecule has 0 saturated carbocycles. The van der Waals surface area contributed by atoms with Gasteiger partial charge in [0.15, 0.2) is 0 Å². The Balaban J connectivity index is 2.23. The van der Waals surface area contributed by atoms with Crippen LogP contribution in [0.25, 0.3) is 0 Å². The molecule has 1 unspecified atom stereocenters. The van der Waals surface area contributed by atoms with E-state index >= 15 is 0 Å². The van der Waals surface area contributed by atoms with Crippen molar-refractivity contribution in [3.05, 3.63) is 23.9 Å². The zero-order valence-corrected chi connectivity index (χ0v) is 8.88. The van der Waals surface area contributed by atoms with Crippen molar-refractivity contribution in [3.8, 4) is 0 Å². The maximum atomic E-state index is 11.6. The Labute approximate surface area is 92.7 Å². The van der Waals surface area contributed by atoms with Gasteiger partial charge in [-0.25, -0.2) is 4.98 Å². The highest BCUT2D eigenvalue weighted by Gasteiger charge is 2.35. The molecule has 0 aromatic carbocycles. The molecule has 2 heterocycles. The summed E-state index contributed by atoms with van der Waals surface area (Å²) in [6.45, 7) is 2.04. The molecule has 0 spiro atoms. The number of carbonyl (C=O) groups excluding carboxylic acids is 1. The predicted molar refractivity (Wildman–Crippen MR) is 57.1 cm³/mol. The minimum Gasteiger partial charge on any atom is -0.481 e. The number of aryl methyl sites for hydroxylation is 1. The maximum absolute atomic E-state index is 11.6. The molecular weight excluding hydrogens is 208 g/mol. The van der Waals surface area contributed by atoms with Crippen LogP contribution in [-0.2, 0) is 9.59 Å². The summed E-state index contributed by atoms with van der Waals surface area (Å²) >= 11 is 0. The highest BCUT2D eigenvalue weighted by Crippen LogP contribution is 2.23. The summed E-state index contributed by atoms with van der Waals surface area (Å²) in [6, 6.07) is 5.35. The van der Waals surface area contributed by atoms with Gasteiger partial charge < -0.3 is 5.11 Å². The van der Waals surface area contributed by atoms with Crippen LogP contribution >= 0.6 is 0 Å². The number of carbonyl (C=O) groups is 2. The van der Waals surface area contributed by atoms with Crippen LogP contribution in [0.4, 0.5) is 5.82 Å². The molecule has 5 nitrogen and oxygen atoms in total. The third-order valence-corrected chi connectivity index (χ3v) is 2.62. The minimum atomic E-state index is -0.927. The summed E-state index contributed by atoms with van der Waals surface area (Å²) < 4.78 is 0. The molecular formula is C11H12N2O3. The number of carboxylic acids is 1. The summed E-state index contributed by atoms with van der Waals surface area (Å²) in [6.07, 6.45) is 0.0605. The van der Waals surface area contributed by atoms with Crippen LogP contribution in [0.5, 0.6) is 0 Å². The highest BCUT2D eigenvalue weighted by atomic mass is 16.4. The number of rotatable bonds is 2. The normalized spacial score (nSPS) is 20.2. The first-order valence-corrected chi connectivity index (χ1v) is 5.05. The first kappa shape index (κ1) is 10.6. The van der Waals surface area contributed by atoms with E-state index in [1.54, 1.807) is 12.1 Å². The SMILES string of the molecule is Cc1cccc(N2CC(C(=O)O)CC2=O)n1. The lowest BCUT2D eigenvalue weighted by atomic mass is 10.1. The molecule has 16 heavy (non-hydrogen) atoms. The summed E-state index contributed by atoms with van der Waals surface area (Å²) in [7, 11) is 0. The molecule has 1 N–H and O–H groups in total. The summed E-state index contributed by atoms with van der Waals surface area (Å²) in [5.41, 5.74) is 0.809. The molecule has 1 fully saturated rings. The molecule has 1 atom stereocenters. The van der Waals surface area contributed by atoms with Crippen molar-refractivity contribution < 1.29 is 14.7 Å². The number of aromatic nitrogens is 1. The first-order valence-electron chi connectivity index (χ1n) is 5.05. The Bertz CT molecular complexity index is 445. The van der Waals surface area contributed by atoms with Crippen molar-refractivity contribution in [2.75, 3.05) is 11.4 Å².